The van der Waals surface area contributed by atoms with Crippen molar-refractivity contribution in [3.63, 3.8) is 0 Å². The number of methoxy groups -OCH3 is 1. The normalized spacial score (nSPS) is 16.1. The van der Waals surface area contributed by atoms with Crippen molar-refractivity contribution >= 4 is 30.0 Å². The van der Waals surface area contributed by atoms with Gasteiger partial charge in [-0.25, -0.2) is 4.99 Å². The predicted octanol–water partition coefficient (Wildman–Crippen LogP) is 5.85. The van der Waals surface area contributed by atoms with Crippen LogP contribution in [-0.2, 0) is 4.74 Å². The summed E-state index contributed by atoms with van der Waals surface area (Å²) >= 11 is 1.74. The van der Waals surface area contributed by atoms with E-state index in [1.165, 1.54) is 32.1 Å². The summed E-state index contributed by atoms with van der Waals surface area (Å²) in [5.41, 5.74) is 0.840. The fourth-order valence-electron chi connectivity index (χ4n) is 2.64. The molecule has 1 fully saturated rings. The molecular formula is C20H29NO2SSi. The van der Waals surface area contributed by atoms with Crippen LogP contribution < -0.4 is 4.74 Å². The smallest absolute Gasteiger partial charge is 0.269 e. The Morgan fingerprint density at radius 1 is 1.16 bits per heavy atom. The fourth-order valence-corrected chi connectivity index (χ4v) is 4.16. The van der Waals surface area contributed by atoms with E-state index in [0.29, 0.717) is 11.8 Å². The SMILES string of the molecule is COc1ccc(N=C(C#CS[Si](C)(C)C)OCC2CCCCC2)cc1. The van der Waals surface area contributed by atoms with Gasteiger partial charge >= 0.3 is 0 Å². The molecule has 5 heteroatoms. The Morgan fingerprint density at radius 2 is 1.84 bits per heavy atom. The molecule has 1 aliphatic carbocycles. The lowest BCUT2D eigenvalue weighted by atomic mass is 9.90. The highest BCUT2D eigenvalue weighted by Crippen LogP contribution is 2.24. The monoisotopic (exact) mass is 375 g/mol. The molecule has 0 aromatic heterocycles. The molecule has 1 aromatic rings. The molecule has 1 aromatic carbocycles. The highest BCUT2D eigenvalue weighted by molar-refractivity contribution is 8.32. The molecule has 25 heavy (non-hydrogen) atoms. The maximum absolute atomic E-state index is 6.00. The number of rotatable bonds is 5. The van der Waals surface area contributed by atoms with Gasteiger partial charge in [0.1, 0.15) is 13.0 Å². The van der Waals surface area contributed by atoms with E-state index in [-0.39, 0.29) is 0 Å². The second-order valence-electron chi connectivity index (χ2n) is 7.37. The van der Waals surface area contributed by atoms with Crippen LogP contribution in [0.15, 0.2) is 29.3 Å². The predicted molar refractivity (Wildman–Crippen MR) is 111 cm³/mol. The first-order valence-electron chi connectivity index (χ1n) is 9.01. The van der Waals surface area contributed by atoms with E-state index in [1.54, 1.807) is 18.3 Å². The average Bonchev–Trinajstić information content (AvgIpc) is 2.60. The Morgan fingerprint density at radius 3 is 2.44 bits per heavy atom. The van der Waals surface area contributed by atoms with Gasteiger partial charge in [-0.05, 0) is 48.3 Å². The van der Waals surface area contributed by atoms with Crippen molar-refractivity contribution in [2.45, 2.75) is 51.7 Å². The molecule has 0 bridgehead atoms. The van der Waals surface area contributed by atoms with Crippen LogP contribution in [0, 0.1) is 17.1 Å². The van der Waals surface area contributed by atoms with E-state index in [9.17, 15) is 0 Å². The molecule has 1 aliphatic rings. The second-order valence-corrected chi connectivity index (χ2v) is 16.3. The minimum absolute atomic E-state index is 0.529. The number of hydrogen-bond acceptors (Lipinski definition) is 4. The van der Waals surface area contributed by atoms with Crippen molar-refractivity contribution in [2.75, 3.05) is 13.7 Å². The Labute approximate surface area is 157 Å². The molecular weight excluding hydrogens is 346 g/mol. The van der Waals surface area contributed by atoms with Crippen molar-refractivity contribution < 1.29 is 9.47 Å². The van der Waals surface area contributed by atoms with Gasteiger partial charge in [-0.3, -0.25) is 0 Å². The summed E-state index contributed by atoms with van der Waals surface area (Å²) in [6.45, 7) is 7.59. The highest BCUT2D eigenvalue weighted by atomic mass is 32.4. The van der Waals surface area contributed by atoms with E-state index >= 15 is 0 Å². The minimum Gasteiger partial charge on any atom is -0.497 e. The van der Waals surface area contributed by atoms with E-state index in [4.69, 9.17) is 9.47 Å². The first-order valence-corrected chi connectivity index (χ1v) is 14.0. The molecule has 3 nitrogen and oxygen atoms in total. The third-order valence-electron chi connectivity index (χ3n) is 4.00. The Hall–Kier alpha value is -1.38. The van der Waals surface area contributed by atoms with Crippen LogP contribution in [0.4, 0.5) is 5.69 Å². The first-order chi connectivity index (χ1) is 12.0. The standard InChI is InChI=1S/C20H29NO2SSi/c1-22-19-12-10-18(11-13-19)21-20(14-15-24-25(2,3)4)23-16-17-8-6-5-7-9-17/h10-13,17H,5-9,16H2,1-4H3. The quantitative estimate of drug-likeness (QED) is 0.280. The number of benzene rings is 1. The summed E-state index contributed by atoms with van der Waals surface area (Å²) in [6.07, 6.45) is 6.50. The number of nitrogens with zero attached hydrogens (tertiary/aromatic N) is 1. The van der Waals surface area contributed by atoms with Gasteiger partial charge in [0.2, 0.25) is 0 Å². The molecule has 136 valence electrons. The van der Waals surface area contributed by atoms with Crippen molar-refractivity contribution in [3.8, 4) is 16.9 Å². The van der Waals surface area contributed by atoms with Crippen molar-refractivity contribution in [2.24, 2.45) is 10.9 Å². The topological polar surface area (TPSA) is 30.8 Å². The molecule has 0 amide bonds. The number of hydrogen-bond donors (Lipinski definition) is 0. The summed E-state index contributed by atoms with van der Waals surface area (Å²) in [7, 11) is 0.395. The molecule has 0 spiro atoms. The fraction of sp³-hybridized carbons (Fsp3) is 0.550. The summed E-state index contributed by atoms with van der Waals surface area (Å²) < 4.78 is 11.2. The number of ether oxygens (including phenoxy) is 2. The Bertz CT molecular complexity index is 620. The van der Waals surface area contributed by atoms with Crippen molar-refractivity contribution in [1.29, 1.82) is 0 Å². The van der Waals surface area contributed by atoms with E-state index in [2.05, 4.69) is 35.8 Å². The van der Waals surface area contributed by atoms with Crippen LogP contribution in [0.1, 0.15) is 32.1 Å². The van der Waals surface area contributed by atoms with Gasteiger partial charge in [0.05, 0.1) is 19.4 Å². The lowest BCUT2D eigenvalue weighted by Crippen LogP contribution is -2.16. The van der Waals surface area contributed by atoms with E-state index in [0.717, 1.165) is 18.0 Å². The molecule has 2 rings (SSSR count). The molecule has 0 radical (unpaired) electrons. The van der Waals surface area contributed by atoms with Gasteiger partial charge in [-0.1, -0.05) is 38.9 Å². The summed E-state index contributed by atoms with van der Waals surface area (Å²) in [4.78, 5) is 4.61. The van der Waals surface area contributed by atoms with E-state index < -0.39 is 7.22 Å². The Kier molecular flexibility index (Phi) is 7.92. The van der Waals surface area contributed by atoms with E-state index in [1.807, 2.05) is 24.3 Å². The maximum atomic E-state index is 6.00. The average molecular weight is 376 g/mol. The van der Waals surface area contributed by atoms with Gasteiger partial charge in [-0.2, -0.15) is 0 Å². The summed E-state index contributed by atoms with van der Waals surface area (Å²) in [6, 6.07) is 7.66. The lowest BCUT2D eigenvalue weighted by molar-refractivity contribution is 0.202. The zero-order valence-electron chi connectivity index (χ0n) is 15.8. The van der Waals surface area contributed by atoms with Crippen LogP contribution in [-0.4, -0.2) is 26.8 Å². The third kappa shape index (κ3) is 8.02. The van der Waals surface area contributed by atoms with Crippen LogP contribution in [0.2, 0.25) is 19.6 Å². The van der Waals surface area contributed by atoms with Crippen LogP contribution >= 0.6 is 11.2 Å². The lowest BCUT2D eigenvalue weighted by Gasteiger charge is -2.21. The van der Waals surface area contributed by atoms with Gasteiger partial charge in [0.25, 0.3) is 5.90 Å². The number of aliphatic imine (C=N–C) groups is 1. The van der Waals surface area contributed by atoms with Crippen molar-refractivity contribution in [3.05, 3.63) is 24.3 Å². The highest BCUT2D eigenvalue weighted by Gasteiger charge is 2.15. The first kappa shape index (κ1) is 19.9. The van der Waals surface area contributed by atoms with Gasteiger partial charge < -0.3 is 9.47 Å². The molecule has 0 atom stereocenters. The molecule has 0 unspecified atom stereocenters. The maximum Gasteiger partial charge on any atom is 0.269 e. The molecule has 0 N–H and O–H groups in total. The summed E-state index contributed by atoms with van der Waals surface area (Å²) in [5.74, 6) is 5.13. The van der Waals surface area contributed by atoms with Crippen LogP contribution in [0.5, 0.6) is 5.75 Å². The minimum atomic E-state index is -1.27. The molecule has 1 saturated carbocycles. The van der Waals surface area contributed by atoms with Gasteiger partial charge in [-0.15, -0.1) is 11.2 Å². The molecule has 0 heterocycles. The van der Waals surface area contributed by atoms with Gasteiger partial charge in [0.15, 0.2) is 0 Å². The zero-order valence-corrected chi connectivity index (χ0v) is 17.6. The van der Waals surface area contributed by atoms with Gasteiger partial charge in [0, 0.05) is 5.92 Å². The third-order valence-corrected chi connectivity index (χ3v) is 6.96. The summed E-state index contributed by atoms with van der Waals surface area (Å²) in [5, 5.41) is 3.20. The van der Waals surface area contributed by atoms with Crippen LogP contribution in [0.3, 0.4) is 0 Å². The zero-order chi connectivity index (χ0) is 18.1. The Balaban J connectivity index is 2.07. The largest absolute Gasteiger partial charge is 0.497 e. The van der Waals surface area contributed by atoms with Crippen molar-refractivity contribution in [1.82, 2.24) is 0 Å². The molecule has 0 aliphatic heterocycles. The van der Waals surface area contributed by atoms with Crippen LogP contribution in [0.25, 0.3) is 0 Å². The second kappa shape index (κ2) is 9.93. The molecule has 0 saturated heterocycles.